The molecule has 0 radical (unpaired) electrons. The van der Waals surface area contributed by atoms with Gasteiger partial charge >= 0.3 is 5.97 Å². The van der Waals surface area contributed by atoms with Crippen molar-refractivity contribution < 1.29 is 9.90 Å². The normalized spacial score (nSPS) is 11.3. The van der Waals surface area contributed by atoms with Crippen molar-refractivity contribution in [2.45, 2.75) is 20.3 Å². The highest BCUT2D eigenvalue weighted by Gasteiger charge is 2.01. The molecule has 0 amide bonds. The molecule has 1 N–H and O–H groups in total. The third-order valence-electron chi connectivity index (χ3n) is 1.07. The van der Waals surface area contributed by atoms with Gasteiger partial charge in [-0.2, -0.15) is 5.26 Å². The molecular formula is C8H11NO2. The summed E-state index contributed by atoms with van der Waals surface area (Å²) < 4.78 is 0. The monoisotopic (exact) mass is 153 g/mol. The highest BCUT2D eigenvalue weighted by Crippen LogP contribution is 2.08. The van der Waals surface area contributed by atoms with E-state index in [1.165, 1.54) is 0 Å². The number of nitriles is 1. The van der Waals surface area contributed by atoms with E-state index in [0.717, 1.165) is 6.08 Å². The molecule has 0 fully saturated rings. The summed E-state index contributed by atoms with van der Waals surface area (Å²) in [6.45, 7) is 3.88. The van der Waals surface area contributed by atoms with E-state index < -0.39 is 5.97 Å². The quantitative estimate of drug-likeness (QED) is 0.494. The number of rotatable bonds is 3. The fourth-order valence-corrected chi connectivity index (χ4v) is 0.726. The average molecular weight is 153 g/mol. The molecule has 0 unspecified atom stereocenters. The summed E-state index contributed by atoms with van der Waals surface area (Å²) in [5.41, 5.74) is 0.326. The van der Waals surface area contributed by atoms with Crippen LogP contribution in [0, 0.1) is 17.2 Å². The van der Waals surface area contributed by atoms with Crippen LogP contribution < -0.4 is 0 Å². The van der Waals surface area contributed by atoms with Crippen molar-refractivity contribution in [3.05, 3.63) is 11.6 Å². The second kappa shape index (κ2) is 4.51. The maximum atomic E-state index is 10.1. The number of hydrogen-bond donors (Lipinski definition) is 1. The highest BCUT2D eigenvalue weighted by atomic mass is 16.4. The van der Waals surface area contributed by atoms with Crippen LogP contribution in [0.3, 0.4) is 0 Å². The standard InChI is InChI=1S/C8H11NO2/c1-6(2)3-7(5-9)4-8(10)11/h4,6H,3H2,1-2H3,(H,10,11)/b7-4-. The van der Waals surface area contributed by atoms with Crippen LogP contribution in [0.4, 0.5) is 0 Å². The Morgan fingerprint density at radius 1 is 1.73 bits per heavy atom. The number of carboxylic acid groups (broad SMARTS) is 1. The van der Waals surface area contributed by atoms with Gasteiger partial charge in [-0.25, -0.2) is 4.79 Å². The molecule has 0 aromatic rings. The molecular weight excluding hydrogens is 142 g/mol. The molecule has 0 saturated heterocycles. The maximum absolute atomic E-state index is 10.1. The lowest BCUT2D eigenvalue weighted by molar-refractivity contribution is -0.131. The third-order valence-corrected chi connectivity index (χ3v) is 1.07. The fourth-order valence-electron chi connectivity index (χ4n) is 0.726. The Kier molecular flexibility index (Phi) is 3.97. The molecule has 0 aromatic heterocycles. The Hall–Kier alpha value is -1.30. The van der Waals surface area contributed by atoms with E-state index in [2.05, 4.69) is 0 Å². The predicted molar refractivity (Wildman–Crippen MR) is 40.8 cm³/mol. The number of carbonyl (C=O) groups is 1. The number of hydrogen-bond acceptors (Lipinski definition) is 2. The van der Waals surface area contributed by atoms with Crippen LogP contribution in [-0.4, -0.2) is 11.1 Å². The van der Waals surface area contributed by atoms with Crippen molar-refractivity contribution in [3.8, 4) is 6.07 Å². The van der Waals surface area contributed by atoms with Crippen molar-refractivity contribution in [2.24, 2.45) is 5.92 Å². The van der Waals surface area contributed by atoms with Gasteiger partial charge in [0.25, 0.3) is 0 Å². The molecule has 0 bridgehead atoms. The molecule has 0 aliphatic heterocycles. The van der Waals surface area contributed by atoms with Crippen LogP contribution in [0.1, 0.15) is 20.3 Å². The van der Waals surface area contributed by atoms with Gasteiger partial charge in [0.15, 0.2) is 0 Å². The Morgan fingerprint density at radius 3 is 2.55 bits per heavy atom. The smallest absolute Gasteiger partial charge is 0.329 e. The summed E-state index contributed by atoms with van der Waals surface area (Å²) in [5.74, 6) is -0.734. The van der Waals surface area contributed by atoms with Gasteiger partial charge < -0.3 is 5.11 Å². The van der Waals surface area contributed by atoms with Gasteiger partial charge in [-0.1, -0.05) is 13.8 Å². The summed E-state index contributed by atoms with van der Waals surface area (Å²) in [5, 5.41) is 16.7. The summed E-state index contributed by atoms with van der Waals surface area (Å²) in [7, 11) is 0. The van der Waals surface area contributed by atoms with Gasteiger partial charge in [-0.3, -0.25) is 0 Å². The number of carboxylic acids is 1. The van der Waals surface area contributed by atoms with E-state index in [1.54, 1.807) is 0 Å². The number of nitrogens with zero attached hydrogens (tertiary/aromatic N) is 1. The van der Waals surface area contributed by atoms with Crippen molar-refractivity contribution >= 4 is 5.97 Å². The van der Waals surface area contributed by atoms with Gasteiger partial charge in [0, 0.05) is 11.6 Å². The zero-order valence-corrected chi connectivity index (χ0v) is 6.66. The van der Waals surface area contributed by atoms with Gasteiger partial charge in [0.05, 0.1) is 6.07 Å². The molecule has 0 heterocycles. The maximum Gasteiger partial charge on any atom is 0.329 e. The molecule has 0 spiro atoms. The van der Waals surface area contributed by atoms with E-state index >= 15 is 0 Å². The molecule has 0 aromatic carbocycles. The average Bonchev–Trinajstić information content (AvgIpc) is 1.84. The molecule has 60 valence electrons. The van der Waals surface area contributed by atoms with Crippen molar-refractivity contribution in [1.29, 1.82) is 5.26 Å². The SMILES string of the molecule is CC(C)C/C(C#N)=C/C(=O)O. The number of aliphatic carboxylic acids is 1. The Bertz CT molecular complexity index is 211. The first-order valence-electron chi connectivity index (χ1n) is 3.40. The molecule has 11 heavy (non-hydrogen) atoms. The second-order valence-electron chi connectivity index (χ2n) is 2.72. The van der Waals surface area contributed by atoms with Crippen LogP contribution in [0.25, 0.3) is 0 Å². The van der Waals surface area contributed by atoms with Gasteiger partial charge in [0.2, 0.25) is 0 Å². The van der Waals surface area contributed by atoms with Gasteiger partial charge in [-0.15, -0.1) is 0 Å². The Labute approximate surface area is 66.0 Å². The third kappa shape index (κ3) is 5.16. The van der Waals surface area contributed by atoms with Crippen LogP contribution in [0.5, 0.6) is 0 Å². The fraction of sp³-hybridized carbons (Fsp3) is 0.500. The minimum Gasteiger partial charge on any atom is -0.478 e. The minimum atomic E-state index is -1.05. The van der Waals surface area contributed by atoms with Crippen LogP contribution >= 0.6 is 0 Å². The summed E-state index contributed by atoms with van der Waals surface area (Å²) in [6, 6.07) is 1.84. The lowest BCUT2D eigenvalue weighted by Gasteiger charge is -1.99. The van der Waals surface area contributed by atoms with E-state index in [4.69, 9.17) is 10.4 Å². The molecule has 0 saturated carbocycles. The summed E-state index contributed by atoms with van der Waals surface area (Å²) >= 11 is 0. The Balaban J connectivity index is 4.20. The molecule has 0 aliphatic rings. The zero-order chi connectivity index (χ0) is 8.85. The Morgan fingerprint density at radius 2 is 2.27 bits per heavy atom. The second-order valence-corrected chi connectivity index (χ2v) is 2.72. The topological polar surface area (TPSA) is 61.1 Å². The van der Waals surface area contributed by atoms with E-state index in [0.29, 0.717) is 17.9 Å². The van der Waals surface area contributed by atoms with E-state index in [9.17, 15) is 4.79 Å². The van der Waals surface area contributed by atoms with E-state index in [-0.39, 0.29) is 0 Å². The van der Waals surface area contributed by atoms with Crippen LogP contribution in [-0.2, 0) is 4.79 Å². The highest BCUT2D eigenvalue weighted by molar-refractivity contribution is 5.81. The van der Waals surface area contributed by atoms with Gasteiger partial charge in [-0.05, 0) is 12.3 Å². The van der Waals surface area contributed by atoms with Crippen molar-refractivity contribution in [3.63, 3.8) is 0 Å². The van der Waals surface area contributed by atoms with Crippen LogP contribution in [0.2, 0.25) is 0 Å². The largest absolute Gasteiger partial charge is 0.478 e. The molecule has 0 atom stereocenters. The lowest BCUT2D eigenvalue weighted by atomic mass is 10.0. The summed E-state index contributed by atoms with van der Waals surface area (Å²) in [6.07, 6.45) is 1.49. The molecule has 0 rings (SSSR count). The summed E-state index contributed by atoms with van der Waals surface area (Å²) in [4.78, 5) is 10.1. The van der Waals surface area contributed by atoms with Crippen LogP contribution in [0.15, 0.2) is 11.6 Å². The van der Waals surface area contributed by atoms with Crippen molar-refractivity contribution in [2.75, 3.05) is 0 Å². The zero-order valence-electron chi connectivity index (χ0n) is 6.66. The predicted octanol–water partition coefficient (Wildman–Crippen LogP) is 1.57. The number of allylic oxidation sites excluding steroid dienone is 1. The first-order chi connectivity index (χ1) is 5.06. The molecule has 0 aliphatic carbocycles. The molecule has 3 heteroatoms. The van der Waals surface area contributed by atoms with Gasteiger partial charge in [0.1, 0.15) is 0 Å². The lowest BCUT2D eigenvalue weighted by Crippen LogP contribution is -1.94. The first kappa shape index (κ1) is 9.70. The molecule has 3 nitrogen and oxygen atoms in total. The van der Waals surface area contributed by atoms with Crippen molar-refractivity contribution in [1.82, 2.24) is 0 Å². The first-order valence-corrected chi connectivity index (χ1v) is 3.40. The van der Waals surface area contributed by atoms with E-state index in [1.807, 2.05) is 19.9 Å². The minimum absolute atomic E-state index is 0.320.